The molecular weight excluding hydrogens is 312 g/mol. The number of carboxylic acid groups (broad SMARTS) is 1. The van der Waals surface area contributed by atoms with Crippen LogP contribution in [0.25, 0.3) is 0 Å². The van der Waals surface area contributed by atoms with Crippen molar-refractivity contribution in [1.82, 2.24) is 4.72 Å². The normalized spacial score (nSPS) is 13.1. The van der Waals surface area contributed by atoms with E-state index in [1.807, 2.05) is 0 Å². The van der Waals surface area contributed by atoms with Crippen LogP contribution in [0.5, 0.6) is 0 Å². The predicted molar refractivity (Wildman–Crippen MR) is 79.2 cm³/mol. The Labute approximate surface area is 128 Å². The molecule has 0 aromatic heterocycles. The van der Waals surface area contributed by atoms with Gasteiger partial charge in [0.25, 0.3) is 5.69 Å². The van der Waals surface area contributed by atoms with Gasteiger partial charge < -0.3 is 5.11 Å². The van der Waals surface area contributed by atoms with Crippen LogP contribution >= 0.6 is 0 Å². The van der Waals surface area contributed by atoms with Crippen LogP contribution in [0.1, 0.15) is 25.0 Å². The highest BCUT2D eigenvalue weighted by Gasteiger charge is 2.30. The third-order valence-corrected chi connectivity index (χ3v) is 4.89. The number of nitrogens with zero attached hydrogens (tertiary/aromatic N) is 1. The lowest BCUT2D eigenvalue weighted by molar-refractivity contribution is -0.385. The molecule has 0 aliphatic carbocycles. The molecule has 1 rings (SSSR count). The van der Waals surface area contributed by atoms with E-state index in [9.17, 15) is 23.3 Å². The number of nitrogens with one attached hydrogen (secondary N) is 1. The molecule has 8 nitrogen and oxygen atoms in total. The van der Waals surface area contributed by atoms with E-state index < -0.39 is 32.9 Å². The van der Waals surface area contributed by atoms with E-state index >= 15 is 0 Å². The Morgan fingerprint density at radius 3 is 2.27 bits per heavy atom. The highest BCUT2D eigenvalue weighted by molar-refractivity contribution is 7.89. The quantitative estimate of drug-likeness (QED) is 0.602. The van der Waals surface area contributed by atoms with E-state index in [1.54, 1.807) is 20.8 Å². The van der Waals surface area contributed by atoms with Crippen molar-refractivity contribution in [3.8, 4) is 0 Å². The second-order valence-corrected chi connectivity index (χ2v) is 7.01. The summed E-state index contributed by atoms with van der Waals surface area (Å²) in [5, 5.41) is 20.0. The summed E-state index contributed by atoms with van der Waals surface area (Å²) >= 11 is 0. The summed E-state index contributed by atoms with van der Waals surface area (Å²) < 4.78 is 26.9. The maximum absolute atomic E-state index is 12.4. The van der Waals surface area contributed by atoms with Gasteiger partial charge in [0.15, 0.2) is 0 Å². The summed E-state index contributed by atoms with van der Waals surface area (Å²) in [7, 11) is -4.19. The molecular formula is C13H18N2O6S. The number of carboxylic acids is 1. The number of hydrogen-bond acceptors (Lipinski definition) is 5. The third-order valence-electron chi connectivity index (χ3n) is 3.32. The van der Waals surface area contributed by atoms with Crippen molar-refractivity contribution < 1.29 is 23.2 Å². The minimum absolute atomic E-state index is 0.286. The zero-order chi connectivity index (χ0) is 17.2. The van der Waals surface area contributed by atoms with Crippen LogP contribution in [0.4, 0.5) is 5.69 Å². The largest absolute Gasteiger partial charge is 0.480 e. The van der Waals surface area contributed by atoms with Gasteiger partial charge in [0, 0.05) is 12.1 Å². The number of nitro groups is 1. The Morgan fingerprint density at radius 1 is 1.32 bits per heavy atom. The van der Waals surface area contributed by atoms with E-state index in [-0.39, 0.29) is 10.6 Å². The molecule has 122 valence electrons. The van der Waals surface area contributed by atoms with Crippen molar-refractivity contribution in [2.24, 2.45) is 5.92 Å². The van der Waals surface area contributed by atoms with Gasteiger partial charge in [-0.2, -0.15) is 4.72 Å². The molecule has 0 unspecified atom stereocenters. The topological polar surface area (TPSA) is 127 Å². The van der Waals surface area contributed by atoms with Crippen molar-refractivity contribution in [3.63, 3.8) is 0 Å². The van der Waals surface area contributed by atoms with Gasteiger partial charge in [0.1, 0.15) is 6.04 Å². The van der Waals surface area contributed by atoms with Crippen LogP contribution < -0.4 is 4.72 Å². The molecule has 0 aliphatic rings. The molecule has 0 saturated carbocycles. The van der Waals surface area contributed by atoms with E-state index in [2.05, 4.69) is 4.72 Å². The molecule has 0 amide bonds. The number of aryl methyl sites for hydroxylation is 1. The molecule has 0 radical (unpaired) electrons. The average molecular weight is 330 g/mol. The van der Waals surface area contributed by atoms with Crippen molar-refractivity contribution in [1.29, 1.82) is 0 Å². The molecule has 1 aromatic carbocycles. The zero-order valence-corrected chi connectivity index (χ0v) is 13.5. The summed E-state index contributed by atoms with van der Waals surface area (Å²) in [6.07, 6.45) is 0. The van der Waals surface area contributed by atoms with Gasteiger partial charge in [-0.05, 0) is 30.9 Å². The van der Waals surface area contributed by atoms with Crippen molar-refractivity contribution in [2.45, 2.75) is 38.6 Å². The lowest BCUT2D eigenvalue weighted by Gasteiger charge is -2.19. The van der Waals surface area contributed by atoms with Gasteiger partial charge in [0.05, 0.1) is 9.82 Å². The van der Waals surface area contributed by atoms with Gasteiger partial charge in [-0.1, -0.05) is 13.8 Å². The maximum atomic E-state index is 12.4. The molecule has 0 heterocycles. The van der Waals surface area contributed by atoms with E-state index in [1.165, 1.54) is 13.0 Å². The lowest BCUT2D eigenvalue weighted by atomic mass is 10.1. The highest BCUT2D eigenvalue weighted by Crippen LogP contribution is 2.25. The minimum atomic E-state index is -4.19. The number of nitro benzene ring substituents is 1. The fourth-order valence-corrected chi connectivity index (χ4v) is 3.57. The van der Waals surface area contributed by atoms with Crippen LogP contribution in [0.2, 0.25) is 0 Å². The second-order valence-electron chi connectivity index (χ2n) is 5.32. The number of carbonyl (C=O) groups is 1. The fourth-order valence-electron chi connectivity index (χ4n) is 1.90. The first-order chi connectivity index (χ1) is 9.97. The van der Waals surface area contributed by atoms with Gasteiger partial charge >= 0.3 is 5.97 Å². The van der Waals surface area contributed by atoms with Crippen LogP contribution in [0.3, 0.4) is 0 Å². The average Bonchev–Trinajstić information content (AvgIpc) is 2.37. The second kappa shape index (κ2) is 6.41. The van der Waals surface area contributed by atoms with E-state index in [0.29, 0.717) is 11.1 Å². The summed E-state index contributed by atoms with van der Waals surface area (Å²) in [5.41, 5.74) is 0.414. The number of benzene rings is 1. The summed E-state index contributed by atoms with van der Waals surface area (Å²) in [6, 6.07) is 0.888. The molecule has 0 fully saturated rings. The molecule has 22 heavy (non-hydrogen) atoms. The van der Waals surface area contributed by atoms with Crippen molar-refractivity contribution >= 4 is 21.7 Å². The van der Waals surface area contributed by atoms with Crippen molar-refractivity contribution in [2.75, 3.05) is 0 Å². The molecule has 0 saturated heterocycles. The standard InChI is InChI=1S/C13H18N2O6S/c1-7(2)12(13(16)17)14-22(20,21)11-6-10(15(18)19)5-8(3)9(11)4/h5-7,12,14H,1-4H3,(H,16,17)/t12-/m0/s1. The number of aliphatic carboxylic acids is 1. The molecule has 1 aromatic rings. The first-order valence-corrected chi connectivity index (χ1v) is 7.96. The Morgan fingerprint density at radius 2 is 1.86 bits per heavy atom. The summed E-state index contributed by atoms with van der Waals surface area (Å²) in [5.74, 6) is -1.79. The number of hydrogen-bond donors (Lipinski definition) is 2. The molecule has 9 heteroatoms. The number of sulfonamides is 1. The molecule has 0 spiro atoms. The number of rotatable bonds is 6. The smallest absolute Gasteiger partial charge is 0.322 e. The van der Waals surface area contributed by atoms with Gasteiger partial charge in [-0.3, -0.25) is 14.9 Å². The van der Waals surface area contributed by atoms with Crippen molar-refractivity contribution in [3.05, 3.63) is 33.4 Å². The first-order valence-electron chi connectivity index (χ1n) is 6.48. The third kappa shape index (κ3) is 3.80. The monoisotopic (exact) mass is 330 g/mol. The van der Waals surface area contributed by atoms with Crippen LogP contribution in [-0.2, 0) is 14.8 Å². The molecule has 2 N–H and O–H groups in total. The molecule has 0 aliphatic heterocycles. The Kier molecular flexibility index (Phi) is 5.26. The first kappa shape index (κ1) is 18.1. The Hall–Kier alpha value is -2.00. The minimum Gasteiger partial charge on any atom is -0.480 e. The summed E-state index contributed by atoms with van der Waals surface area (Å²) in [6.45, 7) is 6.19. The predicted octanol–water partition coefficient (Wildman–Crippen LogP) is 1.60. The van der Waals surface area contributed by atoms with E-state index in [0.717, 1.165) is 6.07 Å². The SMILES string of the molecule is Cc1cc([N+](=O)[O-])cc(S(=O)(=O)N[C@H](C(=O)O)C(C)C)c1C. The lowest BCUT2D eigenvalue weighted by Crippen LogP contribution is -2.44. The van der Waals surface area contributed by atoms with Gasteiger partial charge in [-0.15, -0.1) is 0 Å². The zero-order valence-electron chi connectivity index (χ0n) is 12.7. The molecule has 1 atom stereocenters. The maximum Gasteiger partial charge on any atom is 0.322 e. The van der Waals surface area contributed by atoms with E-state index in [4.69, 9.17) is 5.11 Å². The highest BCUT2D eigenvalue weighted by atomic mass is 32.2. The molecule has 0 bridgehead atoms. The van der Waals surface area contributed by atoms with Crippen LogP contribution in [0.15, 0.2) is 17.0 Å². The van der Waals surface area contributed by atoms with Crippen LogP contribution in [-0.4, -0.2) is 30.5 Å². The van der Waals surface area contributed by atoms with Gasteiger partial charge in [-0.25, -0.2) is 8.42 Å². The fraction of sp³-hybridized carbons (Fsp3) is 0.462. The van der Waals surface area contributed by atoms with Gasteiger partial charge in [0.2, 0.25) is 10.0 Å². The summed E-state index contributed by atoms with van der Waals surface area (Å²) in [4.78, 5) is 21.0. The Bertz CT molecular complexity index is 711. The van der Waals surface area contributed by atoms with Crippen LogP contribution in [0, 0.1) is 29.9 Å². The number of non-ortho nitro benzene ring substituents is 1. The Balaban J connectivity index is 3.40.